The predicted octanol–water partition coefficient (Wildman–Crippen LogP) is 0.217. The van der Waals surface area contributed by atoms with Crippen LogP contribution >= 0.6 is 0 Å². The van der Waals surface area contributed by atoms with Gasteiger partial charge in [-0.2, -0.15) is 0 Å². The number of carbonyl (C=O) groups excluding carboxylic acids is 1. The van der Waals surface area contributed by atoms with Gasteiger partial charge in [0.25, 0.3) is 0 Å². The third-order valence-electron chi connectivity index (χ3n) is 2.59. The van der Waals surface area contributed by atoms with Crippen LogP contribution in [0, 0.1) is 0 Å². The number of hydrogen-bond acceptors (Lipinski definition) is 3. The molecule has 1 N–H and O–H groups in total. The topological polar surface area (TPSA) is 53.4 Å². The molecule has 0 saturated carbocycles. The first-order chi connectivity index (χ1) is 7.25. The van der Waals surface area contributed by atoms with Gasteiger partial charge in [0.1, 0.15) is 0 Å². The van der Waals surface area contributed by atoms with Crippen molar-refractivity contribution < 1.29 is 9.90 Å². The minimum Gasteiger partial charge on any atom is -0.391 e. The Hall–Kier alpha value is -1.42. The van der Waals surface area contributed by atoms with Crippen LogP contribution in [0.5, 0.6) is 0 Å². The van der Waals surface area contributed by atoms with Crippen molar-refractivity contribution in [3.8, 4) is 0 Å². The number of hydrogen-bond donors (Lipinski definition) is 1. The van der Waals surface area contributed by atoms with Gasteiger partial charge in [0, 0.05) is 25.5 Å². The lowest BCUT2D eigenvalue weighted by molar-refractivity contribution is -0.127. The van der Waals surface area contributed by atoms with Gasteiger partial charge in [-0.15, -0.1) is 0 Å². The van der Waals surface area contributed by atoms with E-state index < -0.39 is 6.10 Å². The molecular formula is C11H14N2O2. The second kappa shape index (κ2) is 4.40. The normalized spacial score (nSPS) is 21.0. The first-order valence-electron chi connectivity index (χ1n) is 5.10. The van der Waals surface area contributed by atoms with Crippen LogP contribution in [0.3, 0.4) is 0 Å². The molecule has 1 aromatic heterocycles. The number of likely N-dealkylation sites (tertiary alicyclic amines) is 1. The van der Waals surface area contributed by atoms with Crippen LogP contribution in [0.2, 0.25) is 0 Å². The Kier molecular flexibility index (Phi) is 2.97. The molecule has 1 unspecified atom stereocenters. The molecule has 1 fully saturated rings. The monoisotopic (exact) mass is 206 g/mol. The highest BCUT2D eigenvalue weighted by molar-refractivity contribution is 5.78. The molecule has 1 saturated heterocycles. The second-order valence-electron chi connectivity index (χ2n) is 3.81. The molecule has 1 atom stereocenters. The Morgan fingerprint density at radius 1 is 1.60 bits per heavy atom. The standard InChI is InChI=1S/C11H14N2O2/c14-10-6-11(15)13(8-10)5-3-9-2-1-4-12-7-9/h1-2,4,7,10,14H,3,5-6,8H2. The molecule has 80 valence electrons. The lowest BCUT2D eigenvalue weighted by Gasteiger charge is -2.15. The van der Waals surface area contributed by atoms with Crippen LogP contribution in [0.4, 0.5) is 0 Å². The van der Waals surface area contributed by atoms with Crippen molar-refractivity contribution in [2.75, 3.05) is 13.1 Å². The molecule has 1 amide bonds. The molecular weight excluding hydrogens is 192 g/mol. The fourth-order valence-electron chi connectivity index (χ4n) is 1.78. The molecule has 15 heavy (non-hydrogen) atoms. The largest absolute Gasteiger partial charge is 0.391 e. The van der Waals surface area contributed by atoms with Crippen LogP contribution in [-0.2, 0) is 11.2 Å². The van der Waals surface area contributed by atoms with E-state index in [1.807, 2.05) is 12.1 Å². The summed E-state index contributed by atoms with van der Waals surface area (Å²) in [4.78, 5) is 17.1. The summed E-state index contributed by atoms with van der Waals surface area (Å²) in [6.45, 7) is 1.14. The van der Waals surface area contributed by atoms with Crippen molar-refractivity contribution in [1.82, 2.24) is 9.88 Å². The molecule has 1 aliphatic rings. The third kappa shape index (κ3) is 2.53. The summed E-state index contributed by atoms with van der Waals surface area (Å²) in [6, 6.07) is 3.87. The van der Waals surface area contributed by atoms with Gasteiger partial charge in [-0.3, -0.25) is 9.78 Å². The zero-order chi connectivity index (χ0) is 10.7. The van der Waals surface area contributed by atoms with Gasteiger partial charge in [0.05, 0.1) is 12.5 Å². The summed E-state index contributed by atoms with van der Waals surface area (Å²) in [5, 5.41) is 9.29. The van der Waals surface area contributed by atoms with Gasteiger partial charge in [0.15, 0.2) is 0 Å². The van der Waals surface area contributed by atoms with Crippen molar-refractivity contribution in [2.24, 2.45) is 0 Å². The number of amides is 1. The van der Waals surface area contributed by atoms with Crippen LogP contribution in [0.1, 0.15) is 12.0 Å². The number of nitrogens with zero attached hydrogens (tertiary/aromatic N) is 2. The summed E-state index contributed by atoms with van der Waals surface area (Å²) < 4.78 is 0. The third-order valence-corrected chi connectivity index (χ3v) is 2.59. The average Bonchev–Trinajstić information content (AvgIpc) is 2.56. The SMILES string of the molecule is O=C1CC(O)CN1CCc1cccnc1. The first kappa shape index (κ1) is 10.1. The molecule has 4 heteroatoms. The van der Waals surface area contributed by atoms with E-state index in [0.717, 1.165) is 12.0 Å². The molecule has 0 radical (unpaired) electrons. The number of aromatic nitrogens is 1. The number of rotatable bonds is 3. The van der Waals surface area contributed by atoms with Crippen LogP contribution < -0.4 is 0 Å². The van der Waals surface area contributed by atoms with Gasteiger partial charge < -0.3 is 10.0 Å². The van der Waals surface area contributed by atoms with Gasteiger partial charge in [-0.05, 0) is 18.1 Å². The van der Waals surface area contributed by atoms with Crippen molar-refractivity contribution in [3.63, 3.8) is 0 Å². The van der Waals surface area contributed by atoms with Crippen LogP contribution in [-0.4, -0.2) is 40.1 Å². The Morgan fingerprint density at radius 2 is 2.47 bits per heavy atom. The van der Waals surface area contributed by atoms with Crippen LogP contribution in [0.25, 0.3) is 0 Å². The second-order valence-corrected chi connectivity index (χ2v) is 3.81. The van der Waals surface area contributed by atoms with E-state index in [-0.39, 0.29) is 12.3 Å². The Labute approximate surface area is 88.6 Å². The zero-order valence-electron chi connectivity index (χ0n) is 8.47. The minimum absolute atomic E-state index is 0.0476. The van der Waals surface area contributed by atoms with Gasteiger partial charge in [0.2, 0.25) is 5.91 Å². The first-order valence-corrected chi connectivity index (χ1v) is 5.10. The lowest BCUT2D eigenvalue weighted by atomic mass is 10.2. The average molecular weight is 206 g/mol. The van der Waals surface area contributed by atoms with Crippen molar-refractivity contribution in [3.05, 3.63) is 30.1 Å². The van der Waals surface area contributed by atoms with Gasteiger partial charge in [-0.1, -0.05) is 6.07 Å². The summed E-state index contributed by atoms with van der Waals surface area (Å²) in [6.07, 6.45) is 4.12. The van der Waals surface area contributed by atoms with E-state index in [4.69, 9.17) is 0 Å². The van der Waals surface area contributed by atoms with E-state index in [1.165, 1.54) is 0 Å². The summed E-state index contributed by atoms with van der Waals surface area (Å²) in [5.41, 5.74) is 1.12. The highest BCUT2D eigenvalue weighted by atomic mass is 16.3. The number of aliphatic hydroxyl groups is 1. The summed E-state index contributed by atoms with van der Waals surface area (Å²) in [5.74, 6) is 0.0476. The van der Waals surface area contributed by atoms with Crippen molar-refractivity contribution in [1.29, 1.82) is 0 Å². The maximum absolute atomic E-state index is 11.4. The van der Waals surface area contributed by atoms with Crippen LogP contribution in [0.15, 0.2) is 24.5 Å². The fraction of sp³-hybridized carbons (Fsp3) is 0.455. The molecule has 1 aromatic rings. The summed E-state index contributed by atoms with van der Waals surface area (Å²) >= 11 is 0. The number of aliphatic hydroxyl groups excluding tert-OH is 1. The quantitative estimate of drug-likeness (QED) is 0.769. The fourth-order valence-corrected chi connectivity index (χ4v) is 1.78. The summed E-state index contributed by atoms with van der Waals surface area (Å²) in [7, 11) is 0. The van der Waals surface area contributed by atoms with E-state index in [2.05, 4.69) is 4.98 Å². The highest BCUT2D eigenvalue weighted by Gasteiger charge is 2.27. The molecule has 2 heterocycles. The zero-order valence-corrected chi connectivity index (χ0v) is 8.47. The lowest BCUT2D eigenvalue weighted by Crippen LogP contribution is -2.28. The molecule has 0 aromatic carbocycles. The van der Waals surface area contributed by atoms with Gasteiger partial charge in [-0.25, -0.2) is 0 Å². The van der Waals surface area contributed by atoms with Crippen molar-refractivity contribution in [2.45, 2.75) is 18.9 Å². The van der Waals surface area contributed by atoms with E-state index in [1.54, 1.807) is 17.3 Å². The Balaban J connectivity index is 1.86. The predicted molar refractivity (Wildman–Crippen MR) is 55.1 cm³/mol. The molecule has 0 bridgehead atoms. The molecule has 0 spiro atoms. The molecule has 0 aliphatic carbocycles. The maximum Gasteiger partial charge on any atom is 0.225 e. The van der Waals surface area contributed by atoms with E-state index >= 15 is 0 Å². The molecule has 4 nitrogen and oxygen atoms in total. The smallest absolute Gasteiger partial charge is 0.225 e. The van der Waals surface area contributed by atoms with Gasteiger partial charge >= 0.3 is 0 Å². The minimum atomic E-state index is -0.480. The number of β-amino-alcohol motifs (C(OH)–C–C–N with tert-alkyl or cyclic N) is 1. The van der Waals surface area contributed by atoms with Crippen molar-refractivity contribution >= 4 is 5.91 Å². The molecule has 1 aliphatic heterocycles. The number of pyridine rings is 1. The molecule has 2 rings (SSSR count). The maximum atomic E-state index is 11.4. The Morgan fingerprint density at radius 3 is 3.07 bits per heavy atom. The van der Waals surface area contributed by atoms with E-state index in [0.29, 0.717) is 13.1 Å². The number of carbonyl (C=O) groups is 1. The highest BCUT2D eigenvalue weighted by Crippen LogP contribution is 2.11. The Bertz CT molecular complexity index is 340. The van der Waals surface area contributed by atoms with E-state index in [9.17, 15) is 9.90 Å².